The van der Waals surface area contributed by atoms with E-state index in [9.17, 15) is 4.79 Å². The second-order valence-corrected chi connectivity index (χ2v) is 6.40. The summed E-state index contributed by atoms with van der Waals surface area (Å²) in [5.41, 5.74) is 6.91. The van der Waals surface area contributed by atoms with Crippen LogP contribution in [0.15, 0.2) is 28.7 Å². The minimum atomic E-state index is 0.218. The van der Waals surface area contributed by atoms with E-state index in [1.165, 1.54) is 6.42 Å². The number of halogens is 1. The third kappa shape index (κ3) is 3.61. The first kappa shape index (κ1) is 15.5. The highest BCUT2D eigenvalue weighted by atomic mass is 79.9. The number of nitrogens with zero attached hydrogens (tertiary/aromatic N) is 1. The van der Waals surface area contributed by atoms with E-state index in [0.717, 1.165) is 29.4 Å². The molecule has 1 amide bonds. The Kier molecular flexibility index (Phi) is 5.61. The highest BCUT2D eigenvalue weighted by Crippen LogP contribution is 2.29. The highest BCUT2D eigenvalue weighted by molar-refractivity contribution is 9.10. The van der Waals surface area contributed by atoms with Crippen molar-refractivity contribution in [2.75, 3.05) is 13.1 Å². The molecule has 0 saturated heterocycles. The van der Waals surface area contributed by atoms with Gasteiger partial charge >= 0.3 is 0 Å². The van der Waals surface area contributed by atoms with Crippen LogP contribution in [0.5, 0.6) is 0 Å². The molecule has 0 heterocycles. The normalized spacial score (nSPS) is 21.9. The third-order valence-corrected chi connectivity index (χ3v) is 4.72. The Hall–Kier alpha value is -0.870. The Morgan fingerprint density at radius 3 is 2.90 bits per heavy atom. The summed E-state index contributed by atoms with van der Waals surface area (Å²) in [6.07, 6.45) is 3.91. The van der Waals surface area contributed by atoms with E-state index >= 15 is 0 Å². The standard InChI is InChI=1S/C16H23BrN2O/c1-2-19(15-8-4-6-13(15)11-18)16(20)10-12-5-3-7-14(17)9-12/h3,5,7,9,13,15H,2,4,6,8,10-11,18H2,1H3. The van der Waals surface area contributed by atoms with E-state index in [-0.39, 0.29) is 5.91 Å². The molecule has 110 valence electrons. The molecule has 1 aromatic carbocycles. The van der Waals surface area contributed by atoms with E-state index in [2.05, 4.69) is 22.9 Å². The van der Waals surface area contributed by atoms with Gasteiger partial charge in [0, 0.05) is 17.1 Å². The van der Waals surface area contributed by atoms with E-state index in [1.54, 1.807) is 0 Å². The smallest absolute Gasteiger partial charge is 0.227 e. The Morgan fingerprint density at radius 1 is 1.45 bits per heavy atom. The van der Waals surface area contributed by atoms with Crippen LogP contribution >= 0.6 is 15.9 Å². The number of rotatable bonds is 5. The summed E-state index contributed by atoms with van der Waals surface area (Å²) in [6, 6.07) is 8.31. The van der Waals surface area contributed by atoms with Gasteiger partial charge in [-0.05, 0) is 49.9 Å². The summed E-state index contributed by atoms with van der Waals surface area (Å²) in [4.78, 5) is 14.6. The molecule has 1 fully saturated rings. The summed E-state index contributed by atoms with van der Waals surface area (Å²) in [5.74, 6) is 0.692. The van der Waals surface area contributed by atoms with Gasteiger partial charge in [0.1, 0.15) is 0 Å². The van der Waals surface area contributed by atoms with Crippen LogP contribution in [0, 0.1) is 5.92 Å². The van der Waals surface area contributed by atoms with Gasteiger partial charge in [-0.1, -0.05) is 34.5 Å². The van der Waals surface area contributed by atoms with Gasteiger partial charge in [-0.3, -0.25) is 4.79 Å². The highest BCUT2D eigenvalue weighted by Gasteiger charge is 2.32. The number of benzene rings is 1. The summed E-state index contributed by atoms with van der Waals surface area (Å²) in [5, 5.41) is 0. The van der Waals surface area contributed by atoms with Crippen molar-refractivity contribution in [3.63, 3.8) is 0 Å². The van der Waals surface area contributed by atoms with Crippen molar-refractivity contribution in [2.45, 2.75) is 38.6 Å². The molecule has 4 heteroatoms. The van der Waals surface area contributed by atoms with Crippen molar-refractivity contribution in [2.24, 2.45) is 11.7 Å². The summed E-state index contributed by atoms with van der Waals surface area (Å²) >= 11 is 3.45. The SMILES string of the molecule is CCN(C(=O)Cc1cccc(Br)c1)C1CCCC1CN. The molecular weight excluding hydrogens is 316 g/mol. The minimum absolute atomic E-state index is 0.218. The first-order valence-corrected chi connectivity index (χ1v) is 8.19. The number of likely N-dealkylation sites (N-methyl/N-ethyl adjacent to an activating group) is 1. The van der Waals surface area contributed by atoms with Crippen LogP contribution in [0.3, 0.4) is 0 Å². The summed E-state index contributed by atoms with van der Waals surface area (Å²) in [7, 11) is 0. The molecule has 2 atom stereocenters. The number of hydrogen-bond acceptors (Lipinski definition) is 2. The van der Waals surface area contributed by atoms with E-state index in [0.29, 0.717) is 24.9 Å². The predicted molar refractivity (Wildman–Crippen MR) is 85.4 cm³/mol. The lowest BCUT2D eigenvalue weighted by Gasteiger charge is -2.32. The van der Waals surface area contributed by atoms with Gasteiger partial charge in [0.2, 0.25) is 5.91 Å². The predicted octanol–water partition coefficient (Wildman–Crippen LogP) is 2.97. The molecule has 2 rings (SSSR count). The van der Waals surface area contributed by atoms with Crippen LogP contribution < -0.4 is 5.73 Å². The molecule has 2 N–H and O–H groups in total. The second kappa shape index (κ2) is 7.23. The van der Waals surface area contributed by atoms with Crippen LogP contribution in [-0.4, -0.2) is 29.9 Å². The zero-order valence-corrected chi connectivity index (χ0v) is 13.6. The fraction of sp³-hybridized carbons (Fsp3) is 0.562. The largest absolute Gasteiger partial charge is 0.339 e. The quantitative estimate of drug-likeness (QED) is 0.897. The molecular formula is C16H23BrN2O. The van der Waals surface area contributed by atoms with Crippen LogP contribution in [0.4, 0.5) is 0 Å². The lowest BCUT2D eigenvalue weighted by molar-refractivity contribution is -0.133. The molecule has 1 saturated carbocycles. The second-order valence-electron chi connectivity index (χ2n) is 5.48. The monoisotopic (exact) mass is 338 g/mol. The van der Waals surface area contributed by atoms with Crippen LogP contribution in [-0.2, 0) is 11.2 Å². The van der Waals surface area contributed by atoms with Crippen LogP contribution in [0.1, 0.15) is 31.7 Å². The van der Waals surface area contributed by atoms with Gasteiger partial charge in [0.25, 0.3) is 0 Å². The Bertz CT molecular complexity index is 464. The molecule has 3 nitrogen and oxygen atoms in total. The van der Waals surface area contributed by atoms with E-state index < -0.39 is 0 Å². The zero-order valence-electron chi connectivity index (χ0n) is 12.0. The maximum Gasteiger partial charge on any atom is 0.227 e. The topological polar surface area (TPSA) is 46.3 Å². The lowest BCUT2D eigenvalue weighted by atomic mass is 10.0. The third-order valence-electron chi connectivity index (χ3n) is 4.23. The Morgan fingerprint density at radius 2 is 2.25 bits per heavy atom. The van der Waals surface area contributed by atoms with E-state index in [4.69, 9.17) is 5.73 Å². The lowest BCUT2D eigenvalue weighted by Crippen LogP contribution is -2.44. The molecule has 1 aliphatic carbocycles. The van der Waals surface area contributed by atoms with E-state index in [1.807, 2.05) is 29.2 Å². The number of amides is 1. The number of carbonyl (C=O) groups excluding carboxylic acids is 1. The Balaban J connectivity index is 2.05. The first-order chi connectivity index (χ1) is 9.65. The summed E-state index contributed by atoms with van der Waals surface area (Å²) < 4.78 is 1.02. The molecule has 2 unspecified atom stereocenters. The molecule has 0 aromatic heterocycles. The number of carbonyl (C=O) groups is 1. The molecule has 1 aliphatic rings. The molecule has 0 spiro atoms. The number of nitrogens with two attached hydrogens (primary N) is 1. The molecule has 20 heavy (non-hydrogen) atoms. The maximum absolute atomic E-state index is 12.6. The fourth-order valence-corrected chi connectivity index (χ4v) is 3.67. The fourth-order valence-electron chi connectivity index (χ4n) is 3.22. The van der Waals surface area contributed by atoms with Crippen LogP contribution in [0.2, 0.25) is 0 Å². The molecule has 0 bridgehead atoms. The average Bonchev–Trinajstić information content (AvgIpc) is 2.88. The van der Waals surface area contributed by atoms with Crippen LogP contribution in [0.25, 0.3) is 0 Å². The van der Waals surface area contributed by atoms with Gasteiger partial charge in [-0.15, -0.1) is 0 Å². The van der Waals surface area contributed by atoms with Gasteiger partial charge in [-0.25, -0.2) is 0 Å². The van der Waals surface area contributed by atoms with Crippen molar-refractivity contribution in [1.82, 2.24) is 4.90 Å². The van der Waals surface area contributed by atoms with Crippen molar-refractivity contribution in [3.05, 3.63) is 34.3 Å². The molecule has 1 aromatic rings. The van der Waals surface area contributed by atoms with Crippen molar-refractivity contribution in [1.29, 1.82) is 0 Å². The summed E-state index contributed by atoms with van der Waals surface area (Å²) in [6.45, 7) is 3.52. The van der Waals surface area contributed by atoms with Gasteiger partial charge in [0.15, 0.2) is 0 Å². The zero-order chi connectivity index (χ0) is 14.5. The first-order valence-electron chi connectivity index (χ1n) is 7.39. The van der Waals surface area contributed by atoms with Gasteiger partial charge < -0.3 is 10.6 Å². The molecule has 0 radical (unpaired) electrons. The van der Waals surface area contributed by atoms with Crippen molar-refractivity contribution < 1.29 is 4.79 Å². The maximum atomic E-state index is 12.6. The minimum Gasteiger partial charge on any atom is -0.339 e. The average molecular weight is 339 g/mol. The Labute approximate surface area is 129 Å². The van der Waals surface area contributed by atoms with Gasteiger partial charge in [0.05, 0.1) is 6.42 Å². The molecule has 0 aliphatic heterocycles. The number of hydrogen-bond donors (Lipinski definition) is 1. The van der Waals surface area contributed by atoms with Gasteiger partial charge in [-0.2, -0.15) is 0 Å². The van der Waals surface area contributed by atoms with Crippen molar-refractivity contribution >= 4 is 21.8 Å². The van der Waals surface area contributed by atoms with Crippen molar-refractivity contribution in [3.8, 4) is 0 Å².